The molecular formula is C8H15BrN2. The maximum atomic E-state index is 2.20. The number of nitrogens with zero attached hydrogens (tertiary/aromatic N) is 2. The van der Waals surface area contributed by atoms with Gasteiger partial charge in [0.2, 0.25) is 6.33 Å². The minimum atomic E-state index is 0. The van der Waals surface area contributed by atoms with Crippen molar-refractivity contribution < 1.29 is 21.5 Å². The molecule has 11 heavy (non-hydrogen) atoms. The van der Waals surface area contributed by atoms with E-state index in [-0.39, 0.29) is 17.0 Å². The second kappa shape index (κ2) is 4.54. The highest BCUT2D eigenvalue weighted by molar-refractivity contribution is 4.69. The minimum Gasteiger partial charge on any atom is -1.00 e. The van der Waals surface area contributed by atoms with Crippen LogP contribution in [-0.4, -0.2) is 4.57 Å². The molecule has 0 aliphatic heterocycles. The van der Waals surface area contributed by atoms with Gasteiger partial charge in [-0.25, -0.2) is 9.13 Å². The van der Waals surface area contributed by atoms with Gasteiger partial charge in [-0.3, -0.25) is 0 Å². The largest absolute Gasteiger partial charge is 1.00 e. The van der Waals surface area contributed by atoms with E-state index >= 15 is 0 Å². The molecule has 0 atom stereocenters. The summed E-state index contributed by atoms with van der Waals surface area (Å²) in [5.74, 6) is 0. The van der Waals surface area contributed by atoms with Gasteiger partial charge in [0.15, 0.2) is 0 Å². The van der Waals surface area contributed by atoms with E-state index in [0.29, 0.717) is 6.04 Å². The van der Waals surface area contributed by atoms with Crippen LogP contribution in [-0.2, 0) is 6.54 Å². The van der Waals surface area contributed by atoms with Crippen molar-refractivity contribution in [2.24, 2.45) is 0 Å². The second-order valence-electron chi connectivity index (χ2n) is 2.79. The molecule has 0 radical (unpaired) electrons. The van der Waals surface area contributed by atoms with Crippen molar-refractivity contribution in [2.45, 2.75) is 33.4 Å². The summed E-state index contributed by atoms with van der Waals surface area (Å²) in [6, 6.07) is 0.577. The van der Waals surface area contributed by atoms with Crippen LogP contribution in [0.25, 0.3) is 0 Å². The number of halogens is 1. The Labute approximate surface area is 78.6 Å². The SMILES string of the molecule is CC[n+]1ccn(C(C)C)c1.[Br-]. The average Bonchev–Trinajstić information content (AvgIpc) is 2.34. The quantitative estimate of drug-likeness (QED) is 0.529. The van der Waals surface area contributed by atoms with Crippen LogP contribution in [0.2, 0.25) is 0 Å². The molecule has 0 unspecified atom stereocenters. The molecule has 3 heteroatoms. The lowest BCUT2D eigenvalue weighted by Crippen LogP contribution is -3.00. The third-order valence-corrected chi connectivity index (χ3v) is 1.67. The fourth-order valence-electron chi connectivity index (χ4n) is 0.903. The van der Waals surface area contributed by atoms with Crippen molar-refractivity contribution in [3.8, 4) is 0 Å². The fourth-order valence-corrected chi connectivity index (χ4v) is 0.903. The maximum absolute atomic E-state index is 2.20. The summed E-state index contributed by atoms with van der Waals surface area (Å²) in [5, 5.41) is 0. The van der Waals surface area contributed by atoms with Crippen LogP contribution in [0, 0.1) is 0 Å². The molecule has 0 aliphatic rings. The van der Waals surface area contributed by atoms with E-state index in [1.165, 1.54) is 0 Å². The molecule has 0 bridgehead atoms. The molecule has 1 aromatic heterocycles. The first-order valence-electron chi connectivity index (χ1n) is 3.80. The lowest BCUT2D eigenvalue weighted by atomic mass is 10.4. The minimum absolute atomic E-state index is 0. The molecule has 2 nitrogen and oxygen atoms in total. The number of aromatic nitrogens is 2. The molecule has 0 saturated heterocycles. The Kier molecular flexibility index (Phi) is 4.42. The molecule has 0 aromatic carbocycles. The Morgan fingerprint density at radius 1 is 1.45 bits per heavy atom. The van der Waals surface area contributed by atoms with Crippen LogP contribution < -0.4 is 21.5 Å². The van der Waals surface area contributed by atoms with Gasteiger partial charge in [-0.05, 0) is 20.8 Å². The summed E-state index contributed by atoms with van der Waals surface area (Å²) < 4.78 is 4.36. The number of hydrogen-bond donors (Lipinski definition) is 0. The zero-order chi connectivity index (χ0) is 7.56. The van der Waals surface area contributed by atoms with Crippen LogP contribution in [0.15, 0.2) is 18.7 Å². The summed E-state index contributed by atoms with van der Waals surface area (Å²) in [7, 11) is 0. The predicted molar refractivity (Wildman–Crippen MR) is 40.7 cm³/mol. The van der Waals surface area contributed by atoms with Crippen LogP contribution >= 0.6 is 0 Å². The maximum Gasteiger partial charge on any atom is 0.243 e. The van der Waals surface area contributed by atoms with Gasteiger partial charge >= 0.3 is 0 Å². The molecule has 0 aliphatic carbocycles. The van der Waals surface area contributed by atoms with Crippen LogP contribution in [0.5, 0.6) is 0 Å². The highest BCUT2D eigenvalue weighted by Gasteiger charge is 2.03. The van der Waals surface area contributed by atoms with Crippen molar-refractivity contribution >= 4 is 0 Å². The highest BCUT2D eigenvalue weighted by Crippen LogP contribution is 1.99. The third-order valence-electron chi connectivity index (χ3n) is 1.67. The molecule has 0 fully saturated rings. The zero-order valence-corrected chi connectivity index (χ0v) is 8.87. The van der Waals surface area contributed by atoms with Crippen molar-refractivity contribution in [1.82, 2.24) is 4.57 Å². The standard InChI is InChI=1S/C8H15N2.BrH/c1-4-9-5-6-10(7-9)8(2)3;/h5-8H,4H2,1-3H3;1H/q+1;/p-1. The summed E-state index contributed by atoms with van der Waals surface area (Å²) in [4.78, 5) is 0. The topological polar surface area (TPSA) is 8.81 Å². The Balaban J connectivity index is 0.000001000. The molecule has 0 spiro atoms. The monoisotopic (exact) mass is 218 g/mol. The number of hydrogen-bond acceptors (Lipinski definition) is 0. The molecule has 1 aromatic rings. The molecule has 1 rings (SSSR count). The average molecular weight is 219 g/mol. The van der Waals surface area contributed by atoms with E-state index in [1.54, 1.807) is 0 Å². The normalized spacial score (nSPS) is 9.82. The van der Waals surface area contributed by atoms with E-state index < -0.39 is 0 Å². The van der Waals surface area contributed by atoms with Crippen molar-refractivity contribution in [2.75, 3.05) is 0 Å². The number of rotatable bonds is 2. The Morgan fingerprint density at radius 3 is 2.36 bits per heavy atom. The van der Waals surface area contributed by atoms with Gasteiger partial charge < -0.3 is 17.0 Å². The Bertz CT molecular complexity index is 206. The van der Waals surface area contributed by atoms with Gasteiger partial charge in [-0.15, -0.1) is 0 Å². The smallest absolute Gasteiger partial charge is 0.243 e. The third kappa shape index (κ3) is 2.66. The molecule has 64 valence electrons. The Morgan fingerprint density at radius 2 is 2.09 bits per heavy atom. The van der Waals surface area contributed by atoms with E-state index in [0.717, 1.165) is 6.54 Å². The van der Waals surface area contributed by atoms with Crippen LogP contribution in [0.3, 0.4) is 0 Å². The zero-order valence-electron chi connectivity index (χ0n) is 7.29. The Hall–Kier alpha value is -0.310. The molecule has 1 heterocycles. The van der Waals surface area contributed by atoms with E-state index in [1.807, 2.05) is 0 Å². The summed E-state index contributed by atoms with van der Waals surface area (Å²) >= 11 is 0. The van der Waals surface area contributed by atoms with Gasteiger partial charge in [0.05, 0.1) is 12.6 Å². The molecule has 0 amide bonds. The van der Waals surface area contributed by atoms with Gasteiger partial charge in [0.1, 0.15) is 12.4 Å². The fraction of sp³-hybridized carbons (Fsp3) is 0.625. The summed E-state index contributed by atoms with van der Waals surface area (Å²) in [6.45, 7) is 7.56. The van der Waals surface area contributed by atoms with E-state index in [4.69, 9.17) is 0 Å². The van der Waals surface area contributed by atoms with E-state index in [9.17, 15) is 0 Å². The van der Waals surface area contributed by atoms with Gasteiger partial charge in [0.25, 0.3) is 0 Å². The number of aryl methyl sites for hydroxylation is 1. The van der Waals surface area contributed by atoms with Crippen LogP contribution in [0.4, 0.5) is 0 Å². The summed E-state index contributed by atoms with van der Waals surface area (Å²) in [5.41, 5.74) is 0. The van der Waals surface area contributed by atoms with Crippen LogP contribution in [0.1, 0.15) is 26.8 Å². The molecular weight excluding hydrogens is 204 g/mol. The molecule has 0 N–H and O–H groups in total. The highest BCUT2D eigenvalue weighted by atomic mass is 79.9. The van der Waals surface area contributed by atoms with Crippen molar-refractivity contribution in [3.63, 3.8) is 0 Å². The molecule has 0 saturated carbocycles. The van der Waals surface area contributed by atoms with Crippen molar-refractivity contribution in [3.05, 3.63) is 18.7 Å². The summed E-state index contributed by atoms with van der Waals surface area (Å²) in [6.07, 6.45) is 6.33. The lowest BCUT2D eigenvalue weighted by molar-refractivity contribution is -0.693. The number of imidazole rings is 1. The first kappa shape index (κ1) is 10.7. The van der Waals surface area contributed by atoms with Gasteiger partial charge in [-0.2, -0.15) is 0 Å². The predicted octanol–water partition coefficient (Wildman–Crippen LogP) is -1.62. The van der Waals surface area contributed by atoms with Gasteiger partial charge in [0, 0.05) is 0 Å². The van der Waals surface area contributed by atoms with E-state index in [2.05, 4.69) is 48.6 Å². The lowest BCUT2D eigenvalue weighted by Gasteiger charge is -1.96. The second-order valence-corrected chi connectivity index (χ2v) is 2.79. The van der Waals surface area contributed by atoms with Gasteiger partial charge in [-0.1, -0.05) is 0 Å². The first-order valence-corrected chi connectivity index (χ1v) is 3.80. The first-order chi connectivity index (χ1) is 4.74. The van der Waals surface area contributed by atoms with Crippen molar-refractivity contribution in [1.29, 1.82) is 0 Å².